The highest BCUT2D eigenvalue weighted by Gasteiger charge is 2.30. The van der Waals surface area contributed by atoms with E-state index in [0.717, 1.165) is 14.9 Å². The van der Waals surface area contributed by atoms with Crippen molar-refractivity contribution in [2.24, 2.45) is 0 Å². The van der Waals surface area contributed by atoms with Gasteiger partial charge in [-0.1, -0.05) is 0 Å². The van der Waals surface area contributed by atoms with E-state index in [0.29, 0.717) is 30.1 Å². The van der Waals surface area contributed by atoms with Crippen LogP contribution in [-0.4, -0.2) is 29.6 Å². The molecule has 0 N–H and O–H groups in total. The molecule has 7 heteroatoms. The summed E-state index contributed by atoms with van der Waals surface area (Å²) in [6.07, 6.45) is 0.444. The summed E-state index contributed by atoms with van der Waals surface area (Å²) >= 11 is 8.86. The molecule has 0 radical (unpaired) electrons. The highest BCUT2D eigenvalue weighted by atomic mass is 79.9. The lowest BCUT2D eigenvalue weighted by molar-refractivity contribution is -0.131. The molecule has 1 aliphatic heterocycles. The van der Waals surface area contributed by atoms with Crippen LogP contribution in [0.1, 0.15) is 26.5 Å². The number of hydrogen-bond acceptors (Lipinski definition) is 5. The van der Waals surface area contributed by atoms with Gasteiger partial charge in [0.2, 0.25) is 5.91 Å². The van der Waals surface area contributed by atoms with E-state index in [1.54, 1.807) is 4.90 Å². The zero-order valence-electron chi connectivity index (χ0n) is 9.73. The van der Waals surface area contributed by atoms with E-state index in [1.807, 2.05) is 0 Å². The number of hydrogen-bond donors (Lipinski definition) is 1. The summed E-state index contributed by atoms with van der Waals surface area (Å²) in [6, 6.07) is 0. The molecule has 98 valence electrons. The number of ether oxygens (including phenoxy) is 1. The lowest BCUT2D eigenvalue weighted by Crippen LogP contribution is -2.25. The maximum Gasteiger partial charge on any atom is 0.349 e. The molecule has 0 aliphatic carbocycles. The molecule has 0 aromatic carbocycles. The number of methoxy groups -OCH3 is 1. The number of amides is 1. The van der Waals surface area contributed by atoms with Crippen molar-refractivity contribution in [3.63, 3.8) is 0 Å². The molecule has 2 heterocycles. The summed E-state index contributed by atoms with van der Waals surface area (Å²) in [5.41, 5.74) is 1.02. The minimum Gasteiger partial charge on any atom is -0.465 e. The van der Waals surface area contributed by atoms with Crippen LogP contribution in [0.3, 0.4) is 0 Å². The van der Waals surface area contributed by atoms with Gasteiger partial charge in [-0.2, -0.15) is 12.6 Å². The van der Waals surface area contributed by atoms with E-state index in [-0.39, 0.29) is 11.9 Å². The zero-order chi connectivity index (χ0) is 13.3. The van der Waals surface area contributed by atoms with E-state index in [9.17, 15) is 9.59 Å². The van der Waals surface area contributed by atoms with Gasteiger partial charge in [0.15, 0.2) is 0 Å². The van der Waals surface area contributed by atoms with Crippen LogP contribution in [0.5, 0.6) is 0 Å². The molecule has 0 unspecified atom stereocenters. The van der Waals surface area contributed by atoms with Gasteiger partial charge in [-0.25, -0.2) is 4.79 Å². The predicted molar refractivity (Wildman–Crippen MR) is 76.1 cm³/mol. The van der Waals surface area contributed by atoms with Crippen LogP contribution < -0.4 is 0 Å². The maximum atomic E-state index is 11.8. The fourth-order valence-electron chi connectivity index (χ4n) is 1.85. The Labute approximate surface area is 123 Å². The highest BCUT2D eigenvalue weighted by molar-refractivity contribution is 9.10. The van der Waals surface area contributed by atoms with Crippen LogP contribution in [0.4, 0.5) is 0 Å². The van der Waals surface area contributed by atoms with Crippen LogP contribution in [-0.2, 0) is 22.6 Å². The first-order chi connectivity index (χ1) is 8.58. The van der Waals surface area contributed by atoms with Gasteiger partial charge >= 0.3 is 5.97 Å². The van der Waals surface area contributed by atoms with E-state index < -0.39 is 0 Å². The monoisotopic (exact) mass is 349 g/mol. The van der Waals surface area contributed by atoms with Crippen molar-refractivity contribution in [3.05, 3.63) is 19.8 Å². The molecule has 0 fully saturated rings. The van der Waals surface area contributed by atoms with Gasteiger partial charge in [-0.15, -0.1) is 11.3 Å². The molecule has 0 saturated heterocycles. The largest absolute Gasteiger partial charge is 0.465 e. The molecule has 1 aliphatic rings. The number of carbonyl (C=O) groups excluding carboxylic acids is 2. The summed E-state index contributed by atoms with van der Waals surface area (Å²) in [5, 5.41) is 0. The Morgan fingerprint density at radius 2 is 2.22 bits per heavy atom. The average molecular weight is 350 g/mol. The zero-order valence-corrected chi connectivity index (χ0v) is 13.0. The molecule has 4 nitrogen and oxygen atoms in total. The molecule has 0 saturated carbocycles. The Bertz CT molecular complexity index is 501. The second kappa shape index (κ2) is 5.63. The van der Waals surface area contributed by atoms with Crippen LogP contribution in [0.25, 0.3) is 0 Å². The molecule has 0 spiro atoms. The number of thiophene rings is 1. The van der Waals surface area contributed by atoms with Crippen molar-refractivity contribution in [2.75, 3.05) is 12.9 Å². The van der Waals surface area contributed by atoms with Crippen LogP contribution in [0.15, 0.2) is 4.47 Å². The molecular weight excluding hydrogens is 338 g/mol. The van der Waals surface area contributed by atoms with E-state index in [4.69, 9.17) is 4.74 Å². The molecule has 1 aromatic rings. The lowest BCUT2D eigenvalue weighted by Gasteiger charge is -2.15. The van der Waals surface area contributed by atoms with Crippen molar-refractivity contribution in [2.45, 2.75) is 19.5 Å². The SMILES string of the molecule is COC(=O)c1sc2c(c1Br)CN(C(=O)CCS)C2. The van der Waals surface area contributed by atoms with Crippen molar-refractivity contribution in [1.29, 1.82) is 0 Å². The van der Waals surface area contributed by atoms with E-state index in [2.05, 4.69) is 28.6 Å². The summed E-state index contributed by atoms with van der Waals surface area (Å²) in [5.74, 6) is 0.312. The first-order valence-corrected chi connectivity index (χ1v) is 7.59. The third-order valence-electron chi connectivity index (χ3n) is 2.76. The Kier molecular flexibility index (Phi) is 4.34. The quantitative estimate of drug-likeness (QED) is 0.673. The highest BCUT2D eigenvalue weighted by Crippen LogP contribution is 2.39. The number of esters is 1. The van der Waals surface area contributed by atoms with E-state index in [1.165, 1.54) is 18.4 Å². The Morgan fingerprint density at radius 3 is 2.78 bits per heavy atom. The van der Waals surface area contributed by atoms with E-state index >= 15 is 0 Å². The first kappa shape index (κ1) is 13.9. The van der Waals surface area contributed by atoms with Gasteiger partial charge < -0.3 is 9.64 Å². The number of fused-ring (bicyclic) bond motifs is 1. The maximum absolute atomic E-state index is 11.8. The van der Waals surface area contributed by atoms with Crippen LogP contribution in [0.2, 0.25) is 0 Å². The number of rotatable bonds is 3. The number of halogens is 1. The molecule has 0 atom stereocenters. The summed E-state index contributed by atoms with van der Waals surface area (Å²) in [7, 11) is 1.36. The Hall–Kier alpha value is -0.530. The van der Waals surface area contributed by atoms with Crippen LogP contribution >= 0.6 is 39.9 Å². The second-order valence-electron chi connectivity index (χ2n) is 3.86. The topological polar surface area (TPSA) is 46.6 Å². The first-order valence-electron chi connectivity index (χ1n) is 5.35. The van der Waals surface area contributed by atoms with Gasteiger partial charge in [0.1, 0.15) is 4.88 Å². The number of thiol groups is 1. The predicted octanol–water partition coefficient (Wildman–Crippen LogP) is 2.46. The third-order valence-corrected chi connectivity index (χ3v) is 5.32. The van der Waals surface area contributed by atoms with Crippen molar-refractivity contribution in [1.82, 2.24) is 4.90 Å². The van der Waals surface area contributed by atoms with Crippen molar-refractivity contribution >= 4 is 51.8 Å². The molecule has 1 aromatic heterocycles. The number of carbonyl (C=O) groups is 2. The lowest BCUT2D eigenvalue weighted by atomic mass is 10.3. The fraction of sp³-hybridized carbons (Fsp3) is 0.455. The van der Waals surface area contributed by atoms with Crippen molar-refractivity contribution in [3.8, 4) is 0 Å². The molecule has 18 heavy (non-hydrogen) atoms. The van der Waals surface area contributed by atoms with Gasteiger partial charge in [-0.05, 0) is 21.7 Å². The number of nitrogens with zero attached hydrogens (tertiary/aromatic N) is 1. The van der Waals surface area contributed by atoms with Crippen molar-refractivity contribution < 1.29 is 14.3 Å². The molecular formula is C11H12BrNO3S2. The minimum atomic E-state index is -0.338. The Balaban J connectivity index is 2.18. The summed E-state index contributed by atoms with van der Waals surface area (Å²) in [4.78, 5) is 26.7. The fourth-order valence-corrected chi connectivity index (χ4v) is 4.08. The smallest absolute Gasteiger partial charge is 0.349 e. The van der Waals surface area contributed by atoms with Gasteiger partial charge in [0.25, 0.3) is 0 Å². The molecule has 2 rings (SSSR count). The summed E-state index contributed by atoms with van der Waals surface area (Å²) < 4.78 is 5.48. The van der Waals surface area contributed by atoms with Gasteiger partial charge in [0, 0.05) is 27.9 Å². The van der Waals surface area contributed by atoms with Gasteiger partial charge in [0.05, 0.1) is 13.7 Å². The second-order valence-corrected chi connectivity index (χ2v) is 6.21. The molecule has 1 amide bonds. The minimum absolute atomic E-state index is 0.0971. The summed E-state index contributed by atoms with van der Waals surface area (Å²) in [6.45, 7) is 1.12. The normalized spacial score (nSPS) is 13.6. The van der Waals surface area contributed by atoms with Crippen LogP contribution in [0, 0.1) is 0 Å². The average Bonchev–Trinajstić information content (AvgIpc) is 2.89. The third kappa shape index (κ3) is 2.44. The standard InChI is InChI=1S/C11H12BrNO3S2/c1-16-11(15)10-9(12)6-4-13(5-7(6)18-10)8(14)2-3-17/h17H,2-5H2,1H3. The molecule has 0 bridgehead atoms. The van der Waals surface area contributed by atoms with Gasteiger partial charge in [-0.3, -0.25) is 4.79 Å². The Morgan fingerprint density at radius 1 is 1.50 bits per heavy atom.